The molecule has 1 N–H and O–H groups in total. The highest BCUT2D eigenvalue weighted by atomic mass is 16.5. The summed E-state index contributed by atoms with van der Waals surface area (Å²) in [6.45, 7) is 4.80. The summed E-state index contributed by atoms with van der Waals surface area (Å²) in [6, 6.07) is -0.736. The van der Waals surface area contributed by atoms with Crippen molar-refractivity contribution in [2.24, 2.45) is 0 Å². The van der Waals surface area contributed by atoms with Crippen molar-refractivity contribution >= 4 is 11.9 Å². The van der Waals surface area contributed by atoms with Gasteiger partial charge in [0.15, 0.2) is 0 Å². The number of carbonyl (C=O) groups is 2. The minimum Gasteiger partial charge on any atom is -0.461 e. The number of nitrogens with one attached hydrogen (secondary N) is 1. The fourth-order valence-corrected chi connectivity index (χ4v) is 0.871. The summed E-state index contributed by atoms with van der Waals surface area (Å²) in [5, 5.41) is 2.43. The maximum absolute atomic E-state index is 11.3. The number of esters is 1. The average molecular weight is 197 g/mol. The van der Waals surface area contributed by atoms with Crippen LogP contribution in [0.3, 0.4) is 0 Å². The summed E-state index contributed by atoms with van der Waals surface area (Å²) in [4.78, 5) is 22.1. The number of ether oxygens (including phenoxy) is 1. The maximum atomic E-state index is 11.3. The fraction of sp³-hybridized carbons (Fsp3) is 0.600. The van der Waals surface area contributed by atoms with Gasteiger partial charge in [0.05, 0.1) is 6.10 Å². The van der Waals surface area contributed by atoms with Gasteiger partial charge < -0.3 is 10.1 Å². The van der Waals surface area contributed by atoms with Gasteiger partial charge in [-0.15, -0.1) is 12.3 Å². The lowest BCUT2D eigenvalue weighted by Gasteiger charge is -2.16. The molecule has 0 aromatic carbocycles. The molecule has 0 saturated heterocycles. The van der Waals surface area contributed by atoms with E-state index in [1.165, 1.54) is 6.92 Å². The molecule has 1 amide bonds. The van der Waals surface area contributed by atoms with Gasteiger partial charge in [-0.05, 0) is 13.8 Å². The Bertz CT molecular complexity index is 253. The zero-order valence-electron chi connectivity index (χ0n) is 8.66. The van der Waals surface area contributed by atoms with Gasteiger partial charge in [0, 0.05) is 13.3 Å². The zero-order chi connectivity index (χ0) is 11.1. The Morgan fingerprint density at radius 3 is 2.43 bits per heavy atom. The quantitative estimate of drug-likeness (QED) is 0.526. The van der Waals surface area contributed by atoms with Crippen LogP contribution in [-0.4, -0.2) is 24.0 Å². The monoisotopic (exact) mass is 197 g/mol. The van der Waals surface area contributed by atoms with E-state index in [9.17, 15) is 9.59 Å². The van der Waals surface area contributed by atoms with E-state index in [1.807, 2.05) is 0 Å². The highest BCUT2D eigenvalue weighted by molar-refractivity contribution is 5.83. The molecular weight excluding hydrogens is 182 g/mol. The van der Waals surface area contributed by atoms with Gasteiger partial charge in [-0.3, -0.25) is 4.79 Å². The minimum atomic E-state index is -0.736. The molecule has 0 bridgehead atoms. The highest BCUT2D eigenvalue weighted by Crippen LogP contribution is 1.98. The van der Waals surface area contributed by atoms with E-state index in [0.717, 1.165) is 0 Å². The molecule has 0 aromatic heterocycles. The van der Waals surface area contributed by atoms with E-state index < -0.39 is 12.0 Å². The number of hydrogen-bond acceptors (Lipinski definition) is 3. The molecular formula is C10H15NO3. The predicted octanol–water partition coefficient (Wildman–Crippen LogP) is 0.466. The molecule has 0 spiro atoms. The zero-order valence-corrected chi connectivity index (χ0v) is 8.66. The Kier molecular flexibility index (Phi) is 5.38. The van der Waals surface area contributed by atoms with Crippen LogP contribution in [0.2, 0.25) is 0 Å². The number of terminal acetylenes is 1. The molecule has 0 radical (unpaired) electrons. The van der Waals surface area contributed by atoms with Crippen LogP contribution in [0.15, 0.2) is 0 Å². The summed E-state index contributed by atoms with van der Waals surface area (Å²) in [7, 11) is 0. The van der Waals surface area contributed by atoms with E-state index in [0.29, 0.717) is 0 Å². The number of carbonyl (C=O) groups excluding carboxylic acids is 2. The Labute approximate surface area is 84.0 Å². The van der Waals surface area contributed by atoms with Crippen molar-refractivity contribution in [1.82, 2.24) is 5.32 Å². The van der Waals surface area contributed by atoms with Gasteiger partial charge in [0.2, 0.25) is 5.91 Å². The first-order chi connectivity index (χ1) is 6.47. The normalized spacial score (nSPS) is 11.6. The molecule has 0 rings (SSSR count). The lowest BCUT2D eigenvalue weighted by molar-refractivity contribution is -0.151. The molecule has 4 heteroatoms. The Morgan fingerprint density at radius 1 is 1.50 bits per heavy atom. The standard InChI is InChI=1S/C10H15NO3/c1-5-6-9(11-8(4)12)10(13)14-7(2)3/h1,7,9H,6H2,2-4H3,(H,11,12). The van der Waals surface area contributed by atoms with Crippen LogP contribution in [0.5, 0.6) is 0 Å². The van der Waals surface area contributed by atoms with Crippen molar-refractivity contribution in [1.29, 1.82) is 0 Å². The second-order valence-electron chi connectivity index (χ2n) is 3.15. The summed E-state index contributed by atoms with van der Waals surface area (Å²) in [5.74, 6) is 1.52. The molecule has 4 nitrogen and oxygen atoms in total. The van der Waals surface area contributed by atoms with Crippen molar-refractivity contribution < 1.29 is 14.3 Å². The third-order valence-corrected chi connectivity index (χ3v) is 1.34. The van der Waals surface area contributed by atoms with Crippen LogP contribution < -0.4 is 5.32 Å². The van der Waals surface area contributed by atoms with Gasteiger partial charge in [-0.1, -0.05) is 0 Å². The third kappa shape index (κ3) is 5.20. The van der Waals surface area contributed by atoms with Gasteiger partial charge >= 0.3 is 5.97 Å². The SMILES string of the molecule is C#CCC(NC(C)=O)C(=O)OC(C)C. The van der Waals surface area contributed by atoms with Crippen molar-refractivity contribution in [3.63, 3.8) is 0 Å². The lowest BCUT2D eigenvalue weighted by atomic mass is 10.2. The molecule has 0 saturated carbocycles. The summed E-state index contributed by atoms with van der Waals surface area (Å²) < 4.78 is 4.92. The predicted molar refractivity (Wildman–Crippen MR) is 52.3 cm³/mol. The molecule has 78 valence electrons. The largest absolute Gasteiger partial charge is 0.461 e. The van der Waals surface area contributed by atoms with Gasteiger partial charge in [-0.2, -0.15) is 0 Å². The Balaban J connectivity index is 4.26. The maximum Gasteiger partial charge on any atom is 0.329 e. The lowest BCUT2D eigenvalue weighted by Crippen LogP contribution is -2.41. The third-order valence-electron chi connectivity index (χ3n) is 1.34. The molecule has 0 aliphatic carbocycles. The van der Waals surface area contributed by atoms with Crippen molar-refractivity contribution in [2.75, 3.05) is 0 Å². The Hall–Kier alpha value is -1.50. The van der Waals surface area contributed by atoms with Gasteiger partial charge in [0.25, 0.3) is 0 Å². The van der Waals surface area contributed by atoms with E-state index in [1.54, 1.807) is 13.8 Å². The molecule has 1 atom stereocenters. The average Bonchev–Trinajstić information content (AvgIpc) is 2.01. The fourth-order valence-electron chi connectivity index (χ4n) is 0.871. The first-order valence-corrected chi connectivity index (χ1v) is 4.38. The van der Waals surface area contributed by atoms with E-state index >= 15 is 0 Å². The second-order valence-corrected chi connectivity index (χ2v) is 3.15. The first-order valence-electron chi connectivity index (χ1n) is 4.38. The minimum absolute atomic E-state index is 0.144. The number of rotatable bonds is 4. The molecule has 14 heavy (non-hydrogen) atoms. The molecule has 0 aliphatic rings. The topological polar surface area (TPSA) is 55.4 Å². The summed E-state index contributed by atoms with van der Waals surface area (Å²) >= 11 is 0. The second kappa shape index (κ2) is 6.03. The smallest absolute Gasteiger partial charge is 0.329 e. The van der Waals surface area contributed by atoms with Crippen LogP contribution in [0.1, 0.15) is 27.2 Å². The molecule has 0 aliphatic heterocycles. The van der Waals surface area contributed by atoms with Crippen LogP contribution >= 0.6 is 0 Å². The highest BCUT2D eigenvalue weighted by Gasteiger charge is 2.20. The number of amides is 1. The summed E-state index contributed by atoms with van der Waals surface area (Å²) in [6.07, 6.45) is 5.00. The van der Waals surface area contributed by atoms with Crippen LogP contribution in [0.4, 0.5) is 0 Å². The van der Waals surface area contributed by atoms with E-state index in [-0.39, 0.29) is 18.4 Å². The van der Waals surface area contributed by atoms with Crippen molar-refractivity contribution in [3.05, 3.63) is 0 Å². The first kappa shape index (κ1) is 12.5. The van der Waals surface area contributed by atoms with E-state index in [4.69, 9.17) is 11.2 Å². The van der Waals surface area contributed by atoms with Gasteiger partial charge in [-0.25, -0.2) is 4.79 Å². The van der Waals surface area contributed by atoms with Crippen LogP contribution in [-0.2, 0) is 14.3 Å². The van der Waals surface area contributed by atoms with Crippen molar-refractivity contribution in [3.8, 4) is 12.3 Å². The van der Waals surface area contributed by atoms with Crippen LogP contribution in [0, 0.1) is 12.3 Å². The molecule has 1 unspecified atom stereocenters. The van der Waals surface area contributed by atoms with E-state index in [2.05, 4.69) is 11.2 Å². The number of hydrogen-bond donors (Lipinski definition) is 1. The molecule has 0 aromatic rings. The van der Waals surface area contributed by atoms with Crippen LogP contribution in [0.25, 0.3) is 0 Å². The van der Waals surface area contributed by atoms with Crippen molar-refractivity contribution in [2.45, 2.75) is 39.3 Å². The molecule has 0 fully saturated rings. The van der Waals surface area contributed by atoms with Gasteiger partial charge in [0.1, 0.15) is 6.04 Å². The summed E-state index contributed by atoms with van der Waals surface area (Å²) in [5.41, 5.74) is 0. The Morgan fingerprint density at radius 2 is 2.07 bits per heavy atom. The molecule has 0 heterocycles.